The molecule has 0 radical (unpaired) electrons. The van der Waals surface area contributed by atoms with Crippen molar-refractivity contribution < 1.29 is 23.9 Å². The van der Waals surface area contributed by atoms with E-state index in [2.05, 4.69) is 5.32 Å². The normalized spacial score (nSPS) is 21.0. The fourth-order valence-corrected chi connectivity index (χ4v) is 5.09. The van der Waals surface area contributed by atoms with Crippen LogP contribution < -0.4 is 5.32 Å². The van der Waals surface area contributed by atoms with Crippen molar-refractivity contribution in [1.82, 2.24) is 10.2 Å². The van der Waals surface area contributed by atoms with E-state index in [-0.39, 0.29) is 22.1 Å². The second-order valence-electron chi connectivity index (χ2n) is 8.33. The van der Waals surface area contributed by atoms with Gasteiger partial charge in [-0.05, 0) is 38.5 Å². The van der Waals surface area contributed by atoms with Gasteiger partial charge in [0.15, 0.2) is 5.78 Å². The van der Waals surface area contributed by atoms with Crippen LogP contribution in [-0.4, -0.2) is 53.3 Å². The van der Waals surface area contributed by atoms with Crippen molar-refractivity contribution in [3.8, 4) is 0 Å². The van der Waals surface area contributed by atoms with Gasteiger partial charge in [0, 0.05) is 28.4 Å². The Bertz CT molecular complexity index is 985. The zero-order valence-corrected chi connectivity index (χ0v) is 20.4. The Morgan fingerprint density at radius 1 is 1.22 bits per heavy atom. The van der Waals surface area contributed by atoms with Crippen molar-refractivity contribution >= 4 is 52.8 Å². The molecule has 0 spiro atoms. The lowest BCUT2D eigenvalue weighted by Gasteiger charge is -2.40. The fourth-order valence-electron chi connectivity index (χ4n) is 3.33. The number of carbonyl (C=O) groups is 3. The molecule has 1 amide bonds. The van der Waals surface area contributed by atoms with Crippen LogP contribution in [0, 0.1) is 0 Å². The monoisotopic (exact) mass is 498 g/mol. The van der Waals surface area contributed by atoms with Gasteiger partial charge >= 0.3 is 12.1 Å². The van der Waals surface area contributed by atoms with Gasteiger partial charge < -0.3 is 19.7 Å². The zero-order chi connectivity index (χ0) is 23.6. The van der Waals surface area contributed by atoms with Gasteiger partial charge in [-0.25, -0.2) is 9.59 Å². The van der Waals surface area contributed by atoms with Gasteiger partial charge in [-0.15, -0.1) is 11.8 Å². The number of ketones is 1. The second kappa shape index (κ2) is 9.77. The SMILES string of the molecule is COC(=O)C1=CN(Cc2ccc(Cl)cc2)C2C(=O)[C@@H](NC(=O)OC(C)(C)C)CSC2=C1Cl. The van der Waals surface area contributed by atoms with E-state index >= 15 is 0 Å². The molecule has 1 unspecified atom stereocenters. The molecule has 2 atom stereocenters. The number of hydrogen-bond donors (Lipinski definition) is 1. The summed E-state index contributed by atoms with van der Waals surface area (Å²) in [5.41, 5.74) is 0.368. The maximum atomic E-state index is 13.4. The molecule has 0 bridgehead atoms. The van der Waals surface area contributed by atoms with E-state index in [1.807, 2.05) is 12.1 Å². The Labute approximate surface area is 201 Å². The molecule has 0 aliphatic carbocycles. The number of benzene rings is 1. The molecule has 3 rings (SSSR count). The minimum Gasteiger partial charge on any atom is -0.465 e. The van der Waals surface area contributed by atoms with E-state index in [0.717, 1.165) is 5.56 Å². The van der Waals surface area contributed by atoms with Crippen LogP contribution >= 0.6 is 35.0 Å². The first-order valence-electron chi connectivity index (χ1n) is 9.86. The largest absolute Gasteiger partial charge is 0.465 e. The number of halogens is 2. The van der Waals surface area contributed by atoms with Crippen LogP contribution in [0.25, 0.3) is 0 Å². The predicted molar refractivity (Wildman–Crippen MR) is 124 cm³/mol. The average molecular weight is 499 g/mol. The Morgan fingerprint density at radius 2 is 1.88 bits per heavy atom. The highest BCUT2D eigenvalue weighted by atomic mass is 35.5. The van der Waals surface area contributed by atoms with Crippen molar-refractivity contribution in [2.75, 3.05) is 12.9 Å². The molecule has 2 aliphatic rings. The number of hydrogen-bond acceptors (Lipinski definition) is 7. The summed E-state index contributed by atoms with van der Waals surface area (Å²) in [5.74, 6) is -0.565. The lowest BCUT2D eigenvalue weighted by Crippen LogP contribution is -2.55. The van der Waals surface area contributed by atoms with Gasteiger partial charge in [-0.2, -0.15) is 0 Å². The molecule has 1 saturated heterocycles. The maximum Gasteiger partial charge on any atom is 0.408 e. The first-order valence-corrected chi connectivity index (χ1v) is 11.6. The van der Waals surface area contributed by atoms with Crippen LogP contribution in [0.1, 0.15) is 26.3 Å². The number of amides is 1. The van der Waals surface area contributed by atoms with Gasteiger partial charge in [0.05, 0.1) is 17.7 Å². The zero-order valence-electron chi connectivity index (χ0n) is 18.1. The van der Waals surface area contributed by atoms with Gasteiger partial charge in [0.1, 0.15) is 17.7 Å². The highest BCUT2D eigenvalue weighted by Gasteiger charge is 2.44. The van der Waals surface area contributed by atoms with E-state index in [9.17, 15) is 14.4 Å². The number of nitrogens with zero attached hydrogens (tertiary/aromatic N) is 1. The standard InChI is InChI=1S/C22H24Cl2N2O5S/c1-22(2,3)31-21(29)25-15-11-32-19-16(24)14(20(28)30-4)10-26(17(19)18(15)27)9-12-5-7-13(23)8-6-12/h5-8,10,15,17H,9,11H2,1-4H3,(H,25,29)/t15-,17?/m0/s1. The number of fused-ring (bicyclic) bond motifs is 1. The van der Waals surface area contributed by atoms with Crippen LogP contribution in [0.3, 0.4) is 0 Å². The van der Waals surface area contributed by atoms with Crippen LogP contribution in [0.2, 0.25) is 5.02 Å². The molecule has 0 saturated carbocycles. The number of nitrogens with one attached hydrogen (secondary N) is 1. The molecule has 1 aromatic rings. The number of ether oxygens (including phenoxy) is 2. The Kier molecular flexibility index (Phi) is 7.47. The number of alkyl carbamates (subject to hydrolysis) is 1. The smallest absolute Gasteiger partial charge is 0.408 e. The van der Waals surface area contributed by atoms with Crippen LogP contribution in [0.5, 0.6) is 0 Å². The minimum atomic E-state index is -0.770. The molecule has 7 nitrogen and oxygen atoms in total. The van der Waals surface area contributed by atoms with Crippen molar-refractivity contribution in [3.63, 3.8) is 0 Å². The summed E-state index contributed by atoms with van der Waals surface area (Å²) < 4.78 is 10.2. The van der Waals surface area contributed by atoms with Crippen LogP contribution in [0.4, 0.5) is 4.79 Å². The van der Waals surface area contributed by atoms with E-state index in [0.29, 0.717) is 16.5 Å². The second-order valence-corrected chi connectivity index (χ2v) is 10.2. The minimum absolute atomic E-state index is 0.174. The third kappa shape index (κ3) is 5.60. The molecule has 1 N–H and O–H groups in total. The average Bonchev–Trinajstić information content (AvgIpc) is 2.71. The van der Waals surface area contributed by atoms with Crippen molar-refractivity contribution in [1.29, 1.82) is 0 Å². The van der Waals surface area contributed by atoms with Crippen molar-refractivity contribution in [3.05, 3.63) is 56.6 Å². The third-order valence-corrected chi connectivity index (χ3v) is 6.73. The lowest BCUT2D eigenvalue weighted by atomic mass is 9.98. The molecule has 1 fully saturated rings. The molecule has 32 heavy (non-hydrogen) atoms. The quantitative estimate of drug-likeness (QED) is 0.621. The number of rotatable bonds is 4. The number of esters is 1. The Balaban J connectivity index is 1.90. The molecular weight excluding hydrogens is 475 g/mol. The fraction of sp³-hybridized carbons (Fsp3) is 0.409. The molecule has 2 aliphatic heterocycles. The molecule has 172 valence electrons. The number of carbonyl (C=O) groups excluding carboxylic acids is 3. The molecule has 2 heterocycles. The topological polar surface area (TPSA) is 84.9 Å². The summed E-state index contributed by atoms with van der Waals surface area (Å²) in [4.78, 5) is 40.3. The molecule has 1 aromatic carbocycles. The number of methoxy groups -OCH3 is 1. The van der Waals surface area contributed by atoms with Gasteiger partial charge in [0.2, 0.25) is 0 Å². The lowest BCUT2D eigenvalue weighted by molar-refractivity contribution is -0.136. The van der Waals surface area contributed by atoms with Gasteiger partial charge in [0.25, 0.3) is 0 Å². The molecule has 0 aromatic heterocycles. The molecule has 10 heteroatoms. The summed E-state index contributed by atoms with van der Waals surface area (Å²) in [6.07, 6.45) is 0.867. The summed E-state index contributed by atoms with van der Waals surface area (Å²) in [5, 5.41) is 3.43. The summed E-state index contributed by atoms with van der Waals surface area (Å²) in [6.45, 7) is 5.57. The van der Waals surface area contributed by atoms with Crippen molar-refractivity contribution in [2.45, 2.75) is 45.0 Å². The first-order chi connectivity index (χ1) is 15.0. The Hall–Kier alpha value is -2.16. The maximum absolute atomic E-state index is 13.4. The third-order valence-electron chi connectivity index (χ3n) is 4.72. The Morgan fingerprint density at radius 3 is 2.47 bits per heavy atom. The van der Waals surface area contributed by atoms with Gasteiger partial charge in [-0.3, -0.25) is 4.79 Å². The van der Waals surface area contributed by atoms with E-state index < -0.39 is 29.7 Å². The van der Waals surface area contributed by atoms with Crippen LogP contribution in [0.15, 0.2) is 46.0 Å². The van der Waals surface area contributed by atoms with Crippen molar-refractivity contribution in [2.24, 2.45) is 0 Å². The molecular formula is C22H24Cl2N2O5S. The summed E-state index contributed by atoms with van der Waals surface area (Å²) >= 11 is 13.8. The first kappa shape index (κ1) is 24.5. The number of Topliss-reactive ketones (excluding diaryl/α,β-unsaturated/α-hetero) is 1. The van der Waals surface area contributed by atoms with Crippen LogP contribution in [-0.2, 0) is 25.6 Å². The summed E-state index contributed by atoms with van der Waals surface area (Å²) in [7, 11) is 1.27. The predicted octanol–water partition coefficient (Wildman–Crippen LogP) is 4.24. The van der Waals surface area contributed by atoms with E-state index in [1.54, 1.807) is 37.8 Å². The van der Waals surface area contributed by atoms with E-state index in [1.165, 1.54) is 25.1 Å². The highest BCUT2D eigenvalue weighted by Crippen LogP contribution is 2.41. The van der Waals surface area contributed by atoms with Gasteiger partial charge in [-0.1, -0.05) is 35.3 Å². The summed E-state index contributed by atoms with van der Waals surface area (Å²) in [6, 6.07) is 5.65. The van der Waals surface area contributed by atoms with E-state index in [4.69, 9.17) is 32.7 Å². The number of thioether (sulfide) groups is 1. The highest BCUT2D eigenvalue weighted by molar-refractivity contribution is 8.03.